The number of benzene rings is 2. The van der Waals surface area contributed by atoms with E-state index >= 15 is 0 Å². The Morgan fingerprint density at radius 1 is 1.19 bits per heavy atom. The van der Waals surface area contributed by atoms with Crippen LogP contribution in [0, 0.1) is 0 Å². The van der Waals surface area contributed by atoms with Gasteiger partial charge in [0.05, 0.1) is 12.0 Å². The van der Waals surface area contributed by atoms with Crippen molar-refractivity contribution in [3.8, 4) is 0 Å². The Kier molecular flexibility index (Phi) is 7.00. The number of anilines is 1. The molecule has 0 atom stereocenters. The maximum Gasteiger partial charge on any atom is 0.264 e. The first-order valence-corrected chi connectivity index (χ1v) is 10.3. The summed E-state index contributed by atoms with van der Waals surface area (Å²) in [4.78, 5) is 17.5. The number of amides is 1. The van der Waals surface area contributed by atoms with Gasteiger partial charge in [0.1, 0.15) is 0 Å². The maximum atomic E-state index is 12.8. The topological polar surface area (TPSA) is 75.7 Å². The summed E-state index contributed by atoms with van der Waals surface area (Å²) in [7, 11) is -1.30. The zero-order valence-corrected chi connectivity index (χ0v) is 17.3. The monoisotopic (exact) mass is 410 g/mol. The van der Waals surface area contributed by atoms with Gasteiger partial charge >= 0.3 is 0 Å². The predicted molar refractivity (Wildman–Crippen MR) is 107 cm³/mol. The van der Waals surface area contributed by atoms with Crippen molar-refractivity contribution in [3.63, 3.8) is 0 Å². The molecule has 8 heteroatoms. The lowest BCUT2D eigenvalue weighted by atomic mass is 10.0. The molecular weight excluding hydrogens is 388 g/mol. The van der Waals surface area contributed by atoms with Crippen LogP contribution in [0.1, 0.15) is 35.3 Å². The van der Waals surface area contributed by atoms with Gasteiger partial charge in [-0.2, -0.15) is 0 Å². The highest BCUT2D eigenvalue weighted by Crippen LogP contribution is 2.30. The number of rotatable bonds is 7. The molecule has 27 heavy (non-hydrogen) atoms. The number of sulfonamides is 1. The smallest absolute Gasteiger partial charge is 0.264 e. The van der Waals surface area contributed by atoms with E-state index in [0.717, 1.165) is 22.0 Å². The van der Waals surface area contributed by atoms with Gasteiger partial charge in [-0.15, -0.1) is 0 Å². The molecule has 6 nitrogen and oxygen atoms in total. The Hall–Kier alpha value is -1.93. The van der Waals surface area contributed by atoms with Crippen molar-refractivity contribution < 1.29 is 18.0 Å². The largest absolute Gasteiger partial charge is 0.321 e. The fourth-order valence-corrected chi connectivity index (χ4v) is 4.01. The average Bonchev–Trinajstić information content (AvgIpc) is 2.67. The summed E-state index contributed by atoms with van der Waals surface area (Å²) in [6.07, 6.45) is 1.39. The van der Waals surface area contributed by atoms with Gasteiger partial charge in [0.25, 0.3) is 15.9 Å². The van der Waals surface area contributed by atoms with Gasteiger partial charge in [0.15, 0.2) is 0 Å². The molecule has 2 aromatic rings. The van der Waals surface area contributed by atoms with Gasteiger partial charge in [0.2, 0.25) is 0 Å². The van der Waals surface area contributed by atoms with Gasteiger partial charge < -0.3 is 5.32 Å². The summed E-state index contributed by atoms with van der Waals surface area (Å²) in [6, 6.07) is 9.51. The number of nitrogens with one attached hydrogen (secondary N) is 1. The van der Waals surface area contributed by atoms with Gasteiger partial charge in [-0.25, -0.2) is 8.42 Å². The molecule has 0 aromatic heterocycles. The second-order valence-corrected chi connectivity index (χ2v) is 8.19. The molecule has 0 fully saturated rings. The van der Waals surface area contributed by atoms with E-state index in [1.165, 1.54) is 32.4 Å². The maximum absolute atomic E-state index is 12.8. The molecule has 0 spiro atoms. The molecule has 1 amide bonds. The van der Waals surface area contributed by atoms with E-state index in [2.05, 4.69) is 5.32 Å². The van der Waals surface area contributed by atoms with Crippen molar-refractivity contribution >= 4 is 33.2 Å². The van der Waals surface area contributed by atoms with Crippen LogP contribution >= 0.6 is 11.6 Å². The summed E-state index contributed by atoms with van der Waals surface area (Å²) in [5.41, 5.74) is 2.73. The molecule has 0 saturated carbocycles. The number of nitrogens with zero attached hydrogens (tertiary/aromatic N) is 1. The Morgan fingerprint density at radius 3 is 2.48 bits per heavy atom. The summed E-state index contributed by atoms with van der Waals surface area (Å²) in [5, 5.41) is 3.48. The van der Waals surface area contributed by atoms with Crippen LogP contribution in [0.25, 0.3) is 0 Å². The van der Waals surface area contributed by atoms with Crippen LogP contribution < -0.4 is 5.32 Å². The Morgan fingerprint density at radius 2 is 1.89 bits per heavy atom. The highest BCUT2D eigenvalue weighted by molar-refractivity contribution is 7.89. The van der Waals surface area contributed by atoms with Crippen LogP contribution in [0.2, 0.25) is 5.02 Å². The van der Waals surface area contributed by atoms with Crippen molar-refractivity contribution in [2.75, 3.05) is 19.5 Å². The lowest BCUT2D eigenvalue weighted by molar-refractivity contribution is -0.0258. The zero-order chi connectivity index (χ0) is 20.2. The normalized spacial score (nSPS) is 11.6. The van der Waals surface area contributed by atoms with Crippen molar-refractivity contribution in [1.82, 2.24) is 4.47 Å². The summed E-state index contributed by atoms with van der Waals surface area (Å²) < 4.78 is 25.5. The molecule has 146 valence electrons. The molecule has 2 rings (SSSR count). The number of hydrogen-bond acceptors (Lipinski definition) is 4. The van der Waals surface area contributed by atoms with E-state index in [1.54, 1.807) is 6.07 Å². The fraction of sp³-hybridized carbons (Fsp3) is 0.316. The molecule has 0 radical (unpaired) electrons. The third-order valence-electron chi connectivity index (χ3n) is 4.30. The van der Waals surface area contributed by atoms with E-state index < -0.39 is 15.9 Å². The highest BCUT2D eigenvalue weighted by atomic mass is 35.5. The fourth-order valence-electron chi connectivity index (χ4n) is 2.70. The van der Waals surface area contributed by atoms with Crippen molar-refractivity contribution in [2.45, 2.75) is 31.6 Å². The first kappa shape index (κ1) is 21.4. The van der Waals surface area contributed by atoms with Gasteiger partial charge in [0, 0.05) is 23.3 Å². The average molecular weight is 411 g/mol. The van der Waals surface area contributed by atoms with Crippen LogP contribution in [-0.2, 0) is 27.7 Å². The summed E-state index contributed by atoms with van der Waals surface area (Å²) in [5.74, 6) is -0.404. The number of aryl methyl sites for hydroxylation is 1. The second kappa shape index (κ2) is 8.84. The van der Waals surface area contributed by atoms with Gasteiger partial charge in [-0.3, -0.25) is 9.63 Å². The molecule has 0 aliphatic rings. The van der Waals surface area contributed by atoms with Crippen LogP contribution in [-0.4, -0.2) is 33.0 Å². The number of halogens is 1. The van der Waals surface area contributed by atoms with E-state index in [-0.39, 0.29) is 10.5 Å². The van der Waals surface area contributed by atoms with E-state index in [1.807, 2.05) is 26.0 Å². The highest BCUT2D eigenvalue weighted by Gasteiger charge is 2.22. The van der Waals surface area contributed by atoms with E-state index in [9.17, 15) is 13.2 Å². The molecule has 0 aliphatic heterocycles. The number of carbonyl (C=O) groups excluding carboxylic acids is 1. The lowest BCUT2D eigenvalue weighted by Gasteiger charge is -2.17. The lowest BCUT2D eigenvalue weighted by Crippen LogP contribution is -2.26. The number of carbonyl (C=O) groups is 1. The third-order valence-corrected chi connectivity index (χ3v) is 6.33. The SMILES string of the molecule is CCc1ccc(Cl)c(CC)c1NC(=O)c1cccc(S(=O)(=O)N(C)OC)c1. The molecule has 0 aliphatic carbocycles. The molecule has 0 unspecified atom stereocenters. The van der Waals surface area contributed by atoms with Gasteiger partial charge in [-0.1, -0.05) is 42.0 Å². The standard InChI is InChI=1S/C19H23ClN2O4S/c1-5-13-10-11-17(20)16(6-2)18(13)21-19(23)14-8-7-9-15(12-14)27(24,25)22(3)26-4/h7-12H,5-6H2,1-4H3,(H,21,23). The Bertz CT molecular complexity index is 945. The third kappa shape index (κ3) is 4.50. The minimum atomic E-state index is -3.84. The first-order valence-electron chi connectivity index (χ1n) is 8.50. The summed E-state index contributed by atoms with van der Waals surface area (Å²) >= 11 is 6.27. The van der Waals surface area contributed by atoms with Crippen molar-refractivity contribution in [3.05, 3.63) is 58.1 Å². The van der Waals surface area contributed by atoms with E-state index in [4.69, 9.17) is 16.4 Å². The first-order chi connectivity index (χ1) is 12.8. The van der Waals surface area contributed by atoms with Crippen LogP contribution in [0.15, 0.2) is 41.3 Å². The quantitative estimate of drug-likeness (QED) is 0.702. The molecule has 2 aromatic carbocycles. The van der Waals surface area contributed by atoms with Crippen molar-refractivity contribution in [1.29, 1.82) is 0 Å². The molecule has 0 saturated heterocycles. The number of hydrogen-bond donors (Lipinski definition) is 1. The molecule has 1 N–H and O–H groups in total. The second-order valence-electron chi connectivity index (χ2n) is 5.85. The Labute approximate surface area is 165 Å². The van der Waals surface area contributed by atoms with Crippen molar-refractivity contribution in [2.24, 2.45) is 0 Å². The zero-order valence-electron chi connectivity index (χ0n) is 15.7. The van der Waals surface area contributed by atoms with Crippen LogP contribution in [0.3, 0.4) is 0 Å². The molecule has 0 bridgehead atoms. The minimum absolute atomic E-state index is 0.0305. The minimum Gasteiger partial charge on any atom is -0.321 e. The van der Waals surface area contributed by atoms with E-state index in [0.29, 0.717) is 17.1 Å². The van der Waals surface area contributed by atoms with Crippen LogP contribution in [0.4, 0.5) is 5.69 Å². The van der Waals surface area contributed by atoms with Crippen LogP contribution in [0.5, 0.6) is 0 Å². The molecular formula is C19H23ClN2O4S. The summed E-state index contributed by atoms with van der Waals surface area (Å²) in [6.45, 7) is 3.95. The van der Waals surface area contributed by atoms with Gasteiger partial charge in [-0.05, 0) is 48.2 Å². The predicted octanol–water partition coefficient (Wildman–Crippen LogP) is 3.90. The number of hydroxylamine groups is 1. The Balaban J connectivity index is 2.41. The molecule has 0 heterocycles.